The predicted molar refractivity (Wildman–Crippen MR) is 87.2 cm³/mol. The summed E-state index contributed by atoms with van der Waals surface area (Å²) in [5, 5.41) is 3.68. The number of benzene rings is 1. The molecule has 1 fully saturated rings. The van der Waals surface area contributed by atoms with Crippen LogP contribution in [0.15, 0.2) is 22.7 Å². The van der Waals surface area contributed by atoms with E-state index in [0.29, 0.717) is 16.5 Å². The lowest BCUT2D eigenvalue weighted by atomic mass is 9.81. The summed E-state index contributed by atoms with van der Waals surface area (Å²) in [7, 11) is 0. The molecular weight excluding hydrogens is 338 g/mol. The molecule has 2 nitrogen and oxygen atoms in total. The van der Waals surface area contributed by atoms with Crippen molar-refractivity contribution in [1.29, 1.82) is 0 Å². The van der Waals surface area contributed by atoms with Crippen molar-refractivity contribution in [2.24, 2.45) is 11.8 Å². The van der Waals surface area contributed by atoms with E-state index in [9.17, 15) is 4.79 Å². The van der Waals surface area contributed by atoms with Gasteiger partial charge >= 0.3 is 0 Å². The van der Waals surface area contributed by atoms with Crippen molar-refractivity contribution in [2.75, 3.05) is 6.54 Å². The molecule has 4 heteroatoms. The second kappa shape index (κ2) is 7.46. The third kappa shape index (κ3) is 4.23. The van der Waals surface area contributed by atoms with E-state index in [2.05, 4.69) is 28.2 Å². The summed E-state index contributed by atoms with van der Waals surface area (Å²) in [6, 6.07) is 5.26. The molecule has 1 aromatic rings. The van der Waals surface area contributed by atoms with Gasteiger partial charge in [0.2, 0.25) is 0 Å². The first-order chi connectivity index (χ1) is 9.60. The van der Waals surface area contributed by atoms with E-state index in [0.717, 1.165) is 16.9 Å². The average molecular weight is 359 g/mol. The van der Waals surface area contributed by atoms with E-state index in [4.69, 9.17) is 11.6 Å². The molecule has 1 saturated carbocycles. The Balaban J connectivity index is 1.83. The van der Waals surface area contributed by atoms with Crippen molar-refractivity contribution < 1.29 is 4.79 Å². The minimum Gasteiger partial charge on any atom is -0.352 e. The smallest absolute Gasteiger partial charge is 0.252 e. The van der Waals surface area contributed by atoms with Crippen LogP contribution in [-0.4, -0.2) is 12.5 Å². The lowest BCUT2D eigenvalue weighted by Crippen LogP contribution is -2.31. The SMILES string of the molecule is CCC1CCC(CNC(=O)c2ccc(Cl)cc2Br)CC1. The van der Waals surface area contributed by atoms with Crippen LogP contribution < -0.4 is 5.32 Å². The van der Waals surface area contributed by atoms with Gasteiger partial charge in [0.1, 0.15) is 0 Å². The first-order valence-corrected chi connectivity index (χ1v) is 8.50. The molecule has 0 bridgehead atoms. The van der Waals surface area contributed by atoms with Crippen molar-refractivity contribution in [1.82, 2.24) is 5.32 Å². The van der Waals surface area contributed by atoms with E-state index in [1.54, 1.807) is 18.2 Å². The van der Waals surface area contributed by atoms with Crippen LogP contribution in [-0.2, 0) is 0 Å². The van der Waals surface area contributed by atoms with Gasteiger partial charge in [0, 0.05) is 16.0 Å². The molecule has 1 aromatic carbocycles. The Kier molecular flexibility index (Phi) is 5.91. The minimum atomic E-state index is -0.0221. The molecule has 0 aromatic heterocycles. The zero-order valence-electron chi connectivity index (χ0n) is 11.8. The van der Waals surface area contributed by atoms with Crippen LogP contribution in [0.3, 0.4) is 0 Å². The topological polar surface area (TPSA) is 29.1 Å². The van der Waals surface area contributed by atoms with Crippen LogP contribution in [0.5, 0.6) is 0 Å². The van der Waals surface area contributed by atoms with Gasteiger partial charge in [0.15, 0.2) is 0 Å². The fraction of sp³-hybridized carbons (Fsp3) is 0.562. The van der Waals surface area contributed by atoms with E-state index < -0.39 is 0 Å². The van der Waals surface area contributed by atoms with Gasteiger partial charge in [-0.25, -0.2) is 0 Å². The first kappa shape index (κ1) is 15.8. The highest BCUT2D eigenvalue weighted by Gasteiger charge is 2.20. The minimum absolute atomic E-state index is 0.0221. The Bertz CT molecular complexity index is 470. The molecule has 1 N–H and O–H groups in total. The standard InChI is InChI=1S/C16H21BrClNO/c1-2-11-3-5-12(6-4-11)10-19-16(20)14-8-7-13(18)9-15(14)17/h7-9,11-12H,2-6,10H2,1H3,(H,19,20). The van der Waals surface area contributed by atoms with Gasteiger partial charge in [-0.05, 0) is 58.8 Å². The van der Waals surface area contributed by atoms with Gasteiger partial charge in [-0.15, -0.1) is 0 Å². The maximum atomic E-state index is 12.2. The van der Waals surface area contributed by atoms with E-state index in [1.807, 2.05) is 0 Å². The van der Waals surface area contributed by atoms with Crippen molar-refractivity contribution in [2.45, 2.75) is 39.0 Å². The number of rotatable bonds is 4. The third-order valence-corrected chi connectivity index (χ3v) is 5.16. The van der Waals surface area contributed by atoms with Gasteiger partial charge in [-0.3, -0.25) is 4.79 Å². The average Bonchev–Trinajstić information content (AvgIpc) is 2.45. The summed E-state index contributed by atoms with van der Waals surface area (Å²) in [6.07, 6.45) is 6.38. The van der Waals surface area contributed by atoms with E-state index >= 15 is 0 Å². The summed E-state index contributed by atoms with van der Waals surface area (Å²) >= 11 is 9.27. The van der Waals surface area contributed by atoms with Crippen LogP contribution in [0.4, 0.5) is 0 Å². The first-order valence-electron chi connectivity index (χ1n) is 7.33. The number of carbonyl (C=O) groups excluding carboxylic acids is 1. The quantitative estimate of drug-likeness (QED) is 0.802. The molecule has 0 atom stereocenters. The highest BCUT2D eigenvalue weighted by atomic mass is 79.9. The Morgan fingerprint density at radius 2 is 1.95 bits per heavy atom. The number of carbonyl (C=O) groups is 1. The van der Waals surface area contributed by atoms with Crippen LogP contribution in [0.25, 0.3) is 0 Å². The molecule has 20 heavy (non-hydrogen) atoms. The Labute approximate surface area is 134 Å². The van der Waals surface area contributed by atoms with Gasteiger partial charge in [-0.2, -0.15) is 0 Å². The van der Waals surface area contributed by atoms with Gasteiger partial charge < -0.3 is 5.32 Å². The van der Waals surface area contributed by atoms with Gasteiger partial charge in [0.05, 0.1) is 5.56 Å². The Hall–Kier alpha value is -0.540. The van der Waals surface area contributed by atoms with Crippen LogP contribution in [0.2, 0.25) is 5.02 Å². The molecule has 0 spiro atoms. The van der Waals surface area contributed by atoms with Gasteiger partial charge in [-0.1, -0.05) is 37.8 Å². The molecule has 2 rings (SSSR count). The van der Waals surface area contributed by atoms with Crippen LogP contribution >= 0.6 is 27.5 Å². The number of hydrogen-bond acceptors (Lipinski definition) is 1. The highest BCUT2D eigenvalue weighted by Crippen LogP contribution is 2.30. The van der Waals surface area contributed by atoms with Crippen LogP contribution in [0, 0.1) is 11.8 Å². The number of amides is 1. The third-order valence-electron chi connectivity index (χ3n) is 4.27. The highest BCUT2D eigenvalue weighted by molar-refractivity contribution is 9.10. The van der Waals surface area contributed by atoms with E-state index in [-0.39, 0.29) is 5.91 Å². The molecule has 1 aliphatic carbocycles. The number of nitrogens with one attached hydrogen (secondary N) is 1. The molecule has 1 aliphatic rings. The van der Waals surface area contributed by atoms with Crippen molar-refractivity contribution >= 4 is 33.4 Å². The summed E-state index contributed by atoms with van der Waals surface area (Å²) in [6.45, 7) is 3.05. The summed E-state index contributed by atoms with van der Waals surface area (Å²) in [5.74, 6) is 1.51. The van der Waals surface area contributed by atoms with Crippen LogP contribution in [0.1, 0.15) is 49.4 Å². The monoisotopic (exact) mass is 357 g/mol. The molecular formula is C16H21BrClNO. The molecule has 1 amide bonds. The second-order valence-electron chi connectivity index (χ2n) is 5.63. The lowest BCUT2D eigenvalue weighted by molar-refractivity contribution is 0.0940. The molecule has 0 unspecified atom stereocenters. The fourth-order valence-electron chi connectivity index (χ4n) is 2.85. The zero-order chi connectivity index (χ0) is 14.5. The molecule has 110 valence electrons. The Morgan fingerprint density at radius 3 is 2.55 bits per heavy atom. The maximum Gasteiger partial charge on any atom is 0.252 e. The molecule has 0 radical (unpaired) electrons. The van der Waals surface area contributed by atoms with Crippen molar-refractivity contribution in [3.63, 3.8) is 0 Å². The fourth-order valence-corrected chi connectivity index (χ4v) is 3.71. The molecule has 0 aliphatic heterocycles. The van der Waals surface area contributed by atoms with Crippen molar-refractivity contribution in [3.8, 4) is 0 Å². The molecule has 0 heterocycles. The lowest BCUT2D eigenvalue weighted by Gasteiger charge is -2.27. The summed E-state index contributed by atoms with van der Waals surface area (Å²) in [5.41, 5.74) is 0.650. The number of hydrogen-bond donors (Lipinski definition) is 1. The van der Waals surface area contributed by atoms with Crippen molar-refractivity contribution in [3.05, 3.63) is 33.3 Å². The zero-order valence-corrected chi connectivity index (χ0v) is 14.1. The number of halogens is 2. The molecule has 0 saturated heterocycles. The maximum absolute atomic E-state index is 12.2. The summed E-state index contributed by atoms with van der Waals surface area (Å²) < 4.78 is 0.747. The second-order valence-corrected chi connectivity index (χ2v) is 6.92. The Morgan fingerprint density at radius 1 is 1.30 bits per heavy atom. The predicted octanol–water partition coefficient (Wildman–Crippen LogP) is 5.05. The normalized spacial score (nSPS) is 22.6. The summed E-state index contributed by atoms with van der Waals surface area (Å²) in [4.78, 5) is 12.2. The van der Waals surface area contributed by atoms with Gasteiger partial charge in [0.25, 0.3) is 5.91 Å². The van der Waals surface area contributed by atoms with E-state index in [1.165, 1.54) is 32.1 Å². The largest absolute Gasteiger partial charge is 0.352 e.